The van der Waals surface area contributed by atoms with Gasteiger partial charge in [-0.15, -0.1) is 16.8 Å². The highest BCUT2D eigenvalue weighted by Crippen LogP contribution is 2.20. The highest BCUT2D eigenvalue weighted by Gasteiger charge is 2.29. The lowest BCUT2D eigenvalue weighted by atomic mass is 10.1. The van der Waals surface area contributed by atoms with Gasteiger partial charge in [-0.3, -0.25) is 4.57 Å². The van der Waals surface area contributed by atoms with Gasteiger partial charge in [0, 0.05) is 19.6 Å². The zero-order valence-corrected chi connectivity index (χ0v) is 14.3. The summed E-state index contributed by atoms with van der Waals surface area (Å²) in [5.74, 6) is 0.570. The minimum atomic E-state index is -3.55. The third kappa shape index (κ3) is 3.73. The van der Waals surface area contributed by atoms with Crippen molar-refractivity contribution in [1.82, 2.24) is 14.8 Å². The highest BCUT2D eigenvalue weighted by molar-refractivity contribution is 7.91. The van der Waals surface area contributed by atoms with Crippen molar-refractivity contribution in [2.75, 3.05) is 12.4 Å². The molecule has 0 radical (unpaired) electrons. The molecule has 24 heavy (non-hydrogen) atoms. The zero-order chi connectivity index (χ0) is 17.0. The second-order valence-electron chi connectivity index (χ2n) is 5.88. The molecule has 1 unspecified atom stereocenters. The molecule has 3 rings (SSSR count). The molecular weight excluding hydrogens is 326 g/mol. The molecule has 6 nitrogen and oxygen atoms in total. The van der Waals surface area contributed by atoms with Crippen LogP contribution in [0.1, 0.15) is 24.2 Å². The number of aromatic nitrogens is 3. The molecule has 0 bridgehead atoms. The maximum atomic E-state index is 12.7. The van der Waals surface area contributed by atoms with Crippen LogP contribution in [0.2, 0.25) is 0 Å². The van der Waals surface area contributed by atoms with E-state index in [1.165, 1.54) is 0 Å². The first kappa shape index (κ1) is 16.9. The number of benzene rings is 1. The lowest BCUT2D eigenvalue weighted by Crippen LogP contribution is -2.23. The van der Waals surface area contributed by atoms with Gasteiger partial charge >= 0.3 is 0 Å². The van der Waals surface area contributed by atoms with E-state index in [0.717, 1.165) is 18.4 Å². The lowest BCUT2D eigenvalue weighted by Gasteiger charge is -2.11. The quantitative estimate of drug-likeness (QED) is 0.716. The molecule has 0 N–H and O–H groups in total. The summed E-state index contributed by atoms with van der Waals surface area (Å²) in [6, 6.07) is 9.79. The molecule has 0 saturated carbocycles. The van der Waals surface area contributed by atoms with Crippen molar-refractivity contribution in [3.63, 3.8) is 0 Å². The number of sulfone groups is 1. The molecule has 1 aromatic carbocycles. The predicted molar refractivity (Wildman–Crippen MR) is 90.5 cm³/mol. The van der Waals surface area contributed by atoms with Crippen molar-refractivity contribution in [3.05, 3.63) is 54.4 Å². The first-order valence-corrected chi connectivity index (χ1v) is 9.66. The molecule has 2 heterocycles. The van der Waals surface area contributed by atoms with Crippen LogP contribution in [-0.4, -0.2) is 41.6 Å². The van der Waals surface area contributed by atoms with E-state index in [1.807, 2.05) is 30.3 Å². The molecule has 1 aliphatic heterocycles. The van der Waals surface area contributed by atoms with Gasteiger partial charge in [-0.1, -0.05) is 36.4 Å². The Labute approximate surface area is 142 Å². The molecule has 1 aromatic heterocycles. The lowest BCUT2D eigenvalue weighted by molar-refractivity contribution is 0.127. The molecular formula is C17H21N3O3S. The summed E-state index contributed by atoms with van der Waals surface area (Å²) in [5.41, 5.74) is 1.05. The van der Waals surface area contributed by atoms with Crippen molar-refractivity contribution >= 4 is 9.84 Å². The Hall–Kier alpha value is -1.99. The zero-order valence-electron chi connectivity index (χ0n) is 13.5. The average molecular weight is 347 g/mol. The van der Waals surface area contributed by atoms with Crippen LogP contribution in [0.25, 0.3) is 0 Å². The molecule has 7 heteroatoms. The van der Waals surface area contributed by atoms with Crippen LogP contribution < -0.4 is 0 Å². The third-order valence-corrected chi connectivity index (χ3v) is 5.69. The van der Waals surface area contributed by atoms with Crippen LogP contribution in [0.3, 0.4) is 0 Å². The van der Waals surface area contributed by atoms with E-state index in [2.05, 4.69) is 16.8 Å². The standard InChI is InChI=1S/C17H21N3O3S/c1-2-10-20-16(12-14-7-4-3-5-8-14)18-19-17(20)24(21,22)13-15-9-6-11-23-15/h2-5,7-8,15H,1,6,9-13H2. The maximum Gasteiger partial charge on any atom is 0.250 e. The summed E-state index contributed by atoms with van der Waals surface area (Å²) >= 11 is 0. The molecule has 0 aliphatic carbocycles. The average Bonchev–Trinajstić information content (AvgIpc) is 3.19. The molecule has 0 amide bonds. The fraction of sp³-hybridized carbons (Fsp3) is 0.412. The van der Waals surface area contributed by atoms with Crippen molar-refractivity contribution in [2.24, 2.45) is 0 Å². The second kappa shape index (κ2) is 7.27. The Balaban J connectivity index is 1.88. The van der Waals surface area contributed by atoms with Crippen LogP contribution >= 0.6 is 0 Å². The van der Waals surface area contributed by atoms with Gasteiger partial charge in [0.1, 0.15) is 5.82 Å². The van der Waals surface area contributed by atoms with E-state index < -0.39 is 9.84 Å². The first-order chi connectivity index (χ1) is 11.6. The molecule has 0 spiro atoms. The van der Waals surface area contributed by atoms with Crippen molar-refractivity contribution in [1.29, 1.82) is 0 Å². The summed E-state index contributed by atoms with van der Waals surface area (Å²) in [6.07, 6.45) is 3.60. The first-order valence-electron chi connectivity index (χ1n) is 8.01. The number of rotatable bonds is 7. The van der Waals surface area contributed by atoms with E-state index in [4.69, 9.17) is 4.74 Å². The topological polar surface area (TPSA) is 74.1 Å². The smallest absolute Gasteiger partial charge is 0.250 e. The van der Waals surface area contributed by atoms with E-state index in [9.17, 15) is 8.42 Å². The molecule has 1 fully saturated rings. The van der Waals surface area contributed by atoms with Crippen molar-refractivity contribution < 1.29 is 13.2 Å². The number of allylic oxidation sites excluding steroid dienone is 1. The van der Waals surface area contributed by atoms with Crippen molar-refractivity contribution in [3.8, 4) is 0 Å². The van der Waals surface area contributed by atoms with Crippen LogP contribution in [-0.2, 0) is 27.5 Å². The minimum Gasteiger partial charge on any atom is -0.377 e. The Morgan fingerprint density at radius 1 is 1.29 bits per heavy atom. The van der Waals surface area contributed by atoms with Gasteiger partial charge in [-0.25, -0.2) is 8.42 Å². The van der Waals surface area contributed by atoms with Gasteiger partial charge < -0.3 is 4.74 Å². The van der Waals surface area contributed by atoms with E-state index >= 15 is 0 Å². The van der Waals surface area contributed by atoms with Gasteiger partial charge in [0.25, 0.3) is 0 Å². The normalized spacial score (nSPS) is 17.9. The highest BCUT2D eigenvalue weighted by atomic mass is 32.2. The fourth-order valence-electron chi connectivity index (χ4n) is 2.87. The summed E-state index contributed by atoms with van der Waals surface area (Å²) in [5, 5.41) is 8.09. The van der Waals surface area contributed by atoms with Gasteiger partial charge in [-0.2, -0.15) is 0 Å². The van der Waals surface area contributed by atoms with Crippen LogP contribution in [0, 0.1) is 0 Å². The van der Waals surface area contributed by atoms with E-state index in [0.29, 0.717) is 25.4 Å². The van der Waals surface area contributed by atoms with E-state index in [-0.39, 0.29) is 17.0 Å². The maximum absolute atomic E-state index is 12.7. The molecule has 2 aromatic rings. The summed E-state index contributed by atoms with van der Waals surface area (Å²) < 4.78 is 32.5. The molecule has 1 atom stereocenters. The summed E-state index contributed by atoms with van der Waals surface area (Å²) in [7, 11) is -3.55. The van der Waals surface area contributed by atoms with E-state index in [1.54, 1.807) is 10.6 Å². The summed E-state index contributed by atoms with van der Waals surface area (Å²) in [6.45, 7) is 4.69. The van der Waals surface area contributed by atoms with Crippen molar-refractivity contribution in [2.45, 2.75) is 37.1 Å². The van der Waals surface area contributed by atoms with Crippen LogP contribution in [0.15, 0.2) is 48.1 Å². The Kier molecular flexibility index (Phi) is 5.11. The van der Waals surface area contributed by atoms with Crippen LogP contribution in [0.4, 0.5) is 0 Å². The Bertz CT molecular complexity index is 794. The largest absolute Gasteiger partial charge is 0.377 e. The second-order valence-corrected chi connectivity index (χ2v) is 7.80. The third-order valence-electron chi connectivity index (χ3n) is 4.02. The Morgan fingerprint density at radius 3 is 2.75 bits per heavy atom. The fourth-order valence-corrected chi connectivity index (χ4v) is 4.45. The minimum absolute atomic E-state index is 0.00355. The molecule has 1 saturated heterocycles. The predicted octanol–water partition coefficient (Wildman–Crippen LogP) is 2.01. The summed E-state index contributed by atoms with van der Waals surface area (Å²) in [4.78, 5) is 0. The van der Waals surface area contributed by atoms with Gasteiger partial charge in [0.15, 0.2) is 0 Å². The SMILES string of the molecule is C=CCn1c(Cc2ccccc2)nnc1S(=O)(=O)CC1CCCO1. The monoisotopic (exact) mass is 347 g/mol. The van der Waals surface area contributed by atoms with Gasteiger partial charge in [0.2, 0.25) is 15.0 Å². The number of nitrogens with zero attached hydrogens (tertiary/aromatic N) is 3. The van der Waals surface area contributed by atoms with Crippen LogP contribution in [0.5, 0.6) is 0 Å². The number of hydrogen-bond acceptors (Lipinski definition) is 5. The number of ether oxygens (including phenoxy) is 1. The Morgan fingerprint density at radius 2 is 2.08 bits per heavy atom. The molecule has 128 valence electrons. The van der Waals surface area contributed by atoms with Gasteiger partial charge in [0.05, 0.1) is 11.9 Å². The molecule has 1 aliphatic rings. The van der Waals surface area contributed by atoms with Gasteiger partial charge in [-0.05, 0) is 18.4 Å². The number of hydrogen-bond donors (Lipinski definition) is 0.